The van der Waals surface area contributed by atoms with Crippen LogP contribution in [0.25, 0.3) is 0 Å². The van der Waals surface area contributed by atoms with Crippen molar-refractivity contribution in [3.8, 4) is 0 Å². The van der Waals surface area contributed by atoms with Crippen molar-refractivity contribution in [2.45, 2.75) is 18.6 Å². The van der Waals surface area contributed by atoms with E-state index < -0.39 is 17.1 Å². The third-order valence-electron chi connectivity index (χ3n) is 2.43. The average molecular weight is 295 g/mol. The topological polar surface area (TPSA) is 110 Å². The van der Waals surface area contributed by atoms with Gasteiger partial charge in [0.25, 0.3) is 5.69 Å². The second kappa shape index (κ2) is 6.19. The standard InChI is InChI=1S/C10H12Cl2N2O4/c11-2-1-9(15)10(16)5-3-8(14(17)18)7(13)4-6(5)12/h3-4,9-10,15-16H,1-2,13H2. The average Bonchev–Trinajstić information content (AvgIpc) is 2.28. The lowest BCUT2D eigenvalue weighted by Gasteiger charge is -2.18. The van der Waals surface area contributed by atoms with Crippen LogP contribution in [0.1, 0.15) is 18.1 Å². The maximum atomic E-state index is 10.7. The minimum absolute atomic E-state index is 0.0511. The van der Waals surface area contributed by atoms with Crippen LogP contribution in [-0.2, 0) is 0 Å². The Balaban J connectivity index is 3.15. The highest BCUT2D eigenvalue weighted by atomic mass is 35.5. The summed E-state index contributed by atoms with van der Waals surface area (Å²) >= 11 is 11.3. The summed E-state index contributed by atoms with van der Waals surface area (Å²) in [5.41, 5.74) is 5.01. The molecular formula is C10H12Cl2N2O4. The maximum absolute atomic E-state index is 10.7. The zero-order chi connectivity index (χ0) is 13.9. The van der Waals surface area contributed by atoms with Gasteiger partial charge < -0.3 is 15.9 Å². The number of aliphatic hydroxyl groups excluding tert-OH is 2. The smallest absolute Gasteiger partial charge is 0.292 e. The Hall–Kier alpha value is -1.08. The van der Waals surface area contributed by atoms with E-state index in [0.717, 1.165) is 6.07 Å². The molecule has 1 aromatic carbocycles. The third-order valence-corrected chi connectivity index (χ3v) is 2.98. The van der Waals surface area contributed by atoms with E-state index in [9.17, 15) is 20.3 Å². The number of hydrogen-bond acceptors (Lipinski definition) is 5. The molecule has 100 valence electrons. The Morgan fingerprint density at radius 2 is 2.06 bits per heavy atom. The summed E-state index contributed by atoms with van der Waals surface area (Å²) in [5, 5.41) is 30.2. The van der Waals surface area contributed by atoms with Crippen molar-refractivity contribution in [2.24, 2.45) is 0 Å². The van der Waals surface area contributed by atoms with Crippen LogP contribution >= 0.6 is 23.2 Å². The molecule has 0 aliphatic heterocycles. The summed E-state index contributed by atoms with van der Waals surface area (Å²) in [6.45, 7) is 0. The first-order valence-corrected chi connectivity index (χ1v) is 5.95. The molecule has 0 aliphatic carbocycles. The van der Waals surface area contributed by atoms with Gasteiger partial charge >= 0.3 is 0 Å². The Labute approximate surface area is 113 Å². The summed E-state index contributed by atoms with van der Waals surface area (Å²) in [5.74, 6) is 0.146. The molecule has 6 nitrogen and oxygen atoms in total. The van der Waals surface area contributed by atoms with Crippen LogP contribution in [0.5, 0.6) is 0 Å². The number of hydrogen-bond donors (Lipinski definition) is 3. The molecule has 0 aromatic heterocycles. The van der Waals surface area contributed by atoms with Crippen molar-refractivity contribution in [1.29, 1.82) is 0 Å². The van der Waals surface area contributed by atoms with Gasteiger partial charge in [-0.3, -0.25) is 10.1 Å². The molecule has 0 amide bonds. The molecule has 2 atom stereocenters. The van der Waals surface area contributed by atoms with Crippen molar-refractivity contribution >= 4 is 34.6 Å². The number of alkyl halides is 1. The Morgan fingerprint density at radius 3 is 2.56 bits per heavy atom. The van der Waals surface area contributed by atoms with Gasteiger partial charge in [0.05, 0.1) is 11.0 Å². The SMILES string of the molecule is Nc1cc(Cl)c(C(O)C(O)CCCl)cc1[N+](=O)[O-]. The lowest BCUT2D eigenvalue weighted by Crippen LogP contribution is -2.19. The molecule has 18 heavy (non-hydrogen) atoms. The van der Waals surface area contributed by atoms with Gasteiger partial charge in [-0.2, -0.15) is 0 Å². The van der Waals surface area contributed by atoms with Gasteiger partial charge in [0, 0.05) is 22.5 Å². The van der Waals surface area contributed by atoms with E-state index in [1.165, 1.54) is 6.07 Å². The minimum Gasteiger partial charge on any atom is -0.393 e. The van der Waals surface area contributed by atoms with Gasteiger partial charge in [-0.15, -0.1) is 11.6 Å². The van der Waals surface area contributed by atoms with Gasteiger partial charge in [0.1, 0.15) is 11.8 Å². The summed E-state index contributed by atoms with van der Waals surface area (Å²) < 4.78 is 0. The van der Waals surface area contributed by atoms with Gasteiger partial charge in [-0.05, 0) is 12.5 Å². The van der Waals surface area contributed by atoms with Crippen molar-refractivity contribution in [2.75, 3.05) is 11.6 Å². The second-order valence-corrected chi connectivity index (χ2v) is 4.46. The fourth-order valence-corrected chi connectivity index (χ4v) is 1.96. The van der Waals surface area contributed by atoms with E-state index in [2.05, 4.69) is 0 Å². The van der Waals surface area contributed by atoms with Crippen LogP contribution < -0.4 is 5.73 Å². The van der Waals surface area contributed by atoms with Gasteiger partial charge in [-0.25, -0.2) is 0 Å². The molecule has 8 heteroatoms. The predicted octanol–water partition coefficient (Wildman–Crippen LogP) is 1.85. The molecule has 0 spiro atoms. The van der Waals surface area contributed by atoms with Crippen LogP contribution in [0.15, 0.2) is 12.1 Å². The molecule has 0 saturated heterocycles. The highest BCUT2D eigenvalue weighted by molar-refractivity contribution is 6.31. The van der Waals surface area contributed by atoms with Gasteiger partial charge in [0.2, 0.25) is 0 Å². The van der Waals surface area contributed by atoms with E-state index in [1.54, 1.807) is 0 Å². The van der Waals surface area contributed by atoms with Gasteiger partial charge in [-0.1, -0.05) is 11.6 Å². The first-order valence-electron chi connectivity index (χ1n) is 5.04. The monoisotopic (exact) mass is 294 g/mol. The Bertz CT molecular complexity index is 456. The highest BCUT2D eigenvalue weighted by Gasteiger charge is 2.24. The number of benzene rings is 1. The first kappa shape index (κ1) is 15.0. The van der Waals surface area contributed by atoms with Crippen molar-refractivity contribution in [3.63, 3.8) is 0 Å². The lowest BCUT2D eigenvalue weighted by molar-refractivity contribution is -0.384. The number of nitrogen functional groups attached to an aromatic ring is 1. The minimum atomic E-state index is -1.35. The number of nitrogens with two attached hydrogens (primary N) is 1. The number of nitro groups is 1. The predicted molar refractivity (Wildman–Crippen MR) is 68.8 cm³/mol. The van der Waals surface area contributed by atoms with E-state index >= 15 is 0 Å². The third kappa shape index (κ3) is 3.23. The Morgan fingerprint density at radius 1 is 1.44 bits per heavy atom. The molecule has 0 saturated carbocycles. The highest BCUT2D eigenvalue weighted by Crippen LogP contribution is 2.34. The van der Waals surface area contributed by atoms with Crippen LogP contribution in [0.4, 0.5) is 11.4 Å². The normalized spacial score (nSPS) is 14.2. The van der Waals surface area contributed by atoms with Crippen LogP contribution in [0.2, 0.25) is 5.02 Å². The molecule has 1 rings (SSSR count). The molecule has 0 radical (unpaired) electrons. The summed E-state index contributed by atoms with van der Waals surface area (Å²) in [4.78, 5) is 10.0. The molecule has 1 aromatic rings. The number of nitrogens with zero attached hydrogens (tertiary/aromatic N) is 1. The Kier molecular flexibility index (Phi) is 5.15. The second-order valence-electron chi connectivity index (χ2n) is 3.68. The van der Waals surface area contributed by atoms with E-state index in [0.29, 0.717) is 0 Å². The molecule has 0 bridgehead atoms. The zero-order valence-electron chi connectivity index (χ0n) is 9.22. The summed E-state index contributed by atoms with van der Waals surface area (Å²) in [6.07, 6.45) is -2.36. The van der Waals surface area contributed by atoms with Gasteiger partial charge in [0.15, 0.2) is 0 Å². The van der Waals surface area contributed by atoms with E-state index in [4.69, 9.17) is 28.9 Å². The molecular weight excluding hydrogens is 283 g/mol. The molecule has 4 N–H and O–H groups in total. The largest absolute Gasteiger partial charge is 0.393 e. The summed E-state index contributed by atoms with van der Waals surface area (Å²) in [7, 11) is 0. The van der Waals surface area contributed by atoms with Crippen molar-refractivity contribution < 1.29 is 15.1 Å². The summed E-state index contributed by atoms with van der Waals surface area (Å²) in [6, 6.07) is 2.23. The first-order chi connectivity index (χ1) is 8.38. The van der Waals surface area contributed by atoms with Crippen LogP contribution in [-0.4, -0.2) is 27.1 Å². The fourth-order valence-electron chi connectivity index (χ4n) is 1.46. The maximum Gasteiger partial charge on any atom is 0.292 e. The zero-order valence-corrected chi connectivity index (χ0v) is 10.7. The lowest BCUT2D eigenvalue weighted by atomic mass is 10.0. The number of aliphatic hydroxyl groups is 2. The number of nitro benzene ring substituents is 1. The number of halogens is 2. The van der Waals surface area contributed by atoms with Crippen LogP contribution in [0.3, 0.4) is 0 Å². The molecule has 0 fully saturated rings. The molecule has 0 aliphatic rings. The van der Waals surface area contributed by atoms with E-state index in [1.807, 2.05) is 0 Å². The van der Waals surface area contributed by atoms with Crippen molar-refractivity contribution in [1.82, 2.24) is 0 Å². The van der Waals surface area contributed by atoms with Crippen molar-refractivity contribution in [3.05, 3.63) is 32.8 Å². The number of anilines is 1. The van der Waals surface area contributed by atoms with Crippen LogP contribution in [0, 0.1) is 10.1 Å². The number of rotatable bonds is 5. The molecule has 2 unspecified atom stereocenters. The fraction of sp³-hybridized carbons (Fsp3) is 0.400. The molecule has 0 heterocycles. The van der Waals surface area contributed by atoms with E-state index in [-0.39, 0.29) is 34.3 Å². The quantitative estimate of drug-likeness (QED) is 0.332.